The average Bonchev–Trinajstić information content (AvgIpc) is 3.38. The number of anilines is 1. The highest BCUT2D eigenvalue weighted by molar-refractivity contribution is 7.10. The molecule has 4 rings (SSSR count). The van der Waals surface area contributed by atoms with E-state index in [2.05, 4.69) is 26.8 Å². The summed E-state index contributed by atoms with van der Waals surface area (Å²) >= 11 is 1.75. The zero-order valence-electron chi connectivity index (χ0n) is 14.7. The molecule has 0 fully saturated rings. The van der Waals surface area contributed by atoms with E-state index >= 15 is 0 Å². The van der Waals surface area contributed by atoms with Gasteiger partial charge in [0.15, 0.2) is 5.82 Å². The van der Waals surface area contributed by atoms with Gasteiger partial charge in [0.2, 0.25) is 11.8 Å². The molecule has 0 spiro atoms. The lowest BCUT2D eigenvalue weighted by Crippen LogP contribution is -2.35. The molecule has 7 nitrogen and oxygen atoms in total. The van der Waals surface area contributed by atoms with Gasteiger partial charge in [0.1, 0.15) is 0 Å². The first-order valence-corrected chi connectivity index (χ1v) is 9.66. The monoisotopic (exact) mass is 381 g/mol. The molecule has 0 aliphatic carbocycles. The maximum atomic E-state index is 12.4. The van der Waals surface area contributed by atoms with E-state index in [4.69, 9.17) is 0 Å². The summed E-state index contributed by atoms with van der Waals surface area (Å²) in [5.41, 5.74) is 1.83. The first-order valence-electron chi connectivity index (χ1n) is 8.78. The van der Waals surface area contributed by atoms with E-state index in [1.807, 2.05) is 11.0 Å². The van der Waals surface area contributed by atoms with Gasteiger partial charge in [0.05, 0.1) is 11.9 Å². The van der Waals surface area contributed by atoms with Crippen molar-refractivity contribution in [2.24, 2.45) is 0 Å². The zero-order chi connectivity index (χ0) is 18.6. The van der Waals surface area contributed by atoms with E-state index < -0.39 is 0 Å². The number of pyridine rings is 1. The summed E-state index contributed by atoms with van der Waals surface area (Å²) in [6.07, 6.45) is 6.33. The average molecular weight is 381 g/mol. The fourth-order valence-corrected chi connectivity index (χ4v) is 3.95. The quantitative estimate of drug-likeness (QED) is 0.737. The van der Waals surface area contributed by atoms with Gasteiger partial charge in [0, 0.05) is 43.2 Å². The number of nitrogens with zero attached hydrogens (tertiary/aromatic N) is 4. The normalized spacial score (nSPS) is 13.3. The third-order valence-electron chi connectivity index (χ3n) is 4.50. The molecular formula is C19H19N5O2S. The molecule has 2 amide bonds. The zero-order valence-corrected chi connectivity index (χ0v) is 15.5. The highest BCUT2D eigenvalue weighted by Crippen LogP contribution is 2.24. The molecule has 138 valence electrons. The molecule has 0 radical (unpaired) electrons. The number of hydrogen-bond donors (Lipinski definition) is 1. The van der Waals surface area contributed by atoms with Crippen molar-refractivity contribution < 1.29 is 9.59 Å². The standard InChI is InChI=1S/C19H19N5O2S/c25-18(22-15-2-3-17(20-12-15)24-9-1-8-21-24)4-5-19(26)23-10-6-16-14(13-23)7-11-27-16/h1-3,7-9,11-12H,4-6,10,13H2,(H,22,25). The van der Waals surface area contributed by atoms with Gasteiger partial charge in [-0.15, -0.1) is 11.3 Å². The molecule has 27 heavy (non-hydrogen) atoms. The number of hydrogen-bond acceptors (Lipinski definition) is 5. The van der Waals surface area contributed by atoms with Crippen LogP contribution in [0, 0.1) is 0 Å². The van der Waals surface area contributed by atoms with Gasteiger partial charge in [0.25, 0.3) is 0 Å². The van der Waals surface area contributed by atoms with E-state index in [1.54, 1.807) is 46.7 Å². The van der Waals surface area contributed by atoms with Crippen LogP contribution < -0.4 is 5.32 Å². The Morgan fingerprint density at radius 1 is 1.22 bits per heavy atom. The number of aromatic nitrogens is 3. The van der Waals surface area contributed by atoms with E-state index in [1.165, 1.54) is 10.4 Å². The van der Waals surface area contributed by atoms with Crippen LogP contribution in [0.3, 0.4) is 0 Å². The van der Waals surface area contributed by atoms with E-state index in [0.29, 0.717) is 18.1 Å². The Bertz CT molecular complexity index is 933. The summed E-state index contributed by atoms with van der Waals surface area (Å²) in [6, 6.07) is 7.44. The largest absolute Gasteiger partial charge is 0.338 e. The molecule has 0 saturated heterocycles. The second kappa shape index (κ2) is 7.71. The Morgan fingerprint density at radius 3 is 2.93 bits per heavy atom. The van der Waals surface area contributed by atoms with Crippen LogP contribution in [0.1, 0.15) is 23.3 Å². The maximum Gasteiger partial charge on any atom is 0.224 e. The van der Waals surface area contributed by atoms with Gasteiger partial charge in [-0.1, -0.05) is 0 Å². The Labute approximate surface area is 160 Å². The van der Waals surface area contributed by atoms with Crippen molar-refractivity contribution in [3.63, 3.8) is 0 Å². The van der Waals surface area contributed by atoms with Crippen molar-refractivity contribution in [3.8, 4) is 5.82 Å². The number of thiophene rings is 1. The lowest BCUT2D eigenvalue weighted by atomic mass is 10.1. The Balaban J connectivity index is 1.26. The SMILES string of the molecule is O=C(CCC(=O)N1CCc2sccc2C1)Nc1ccc(-n2cccn2)nc1. The Kier molecular flexibility index (Phi) is 4.97. The van der Waals surface area contributed by atoms with Crippen LogP contribution in [0.4, 0.5) is 5.69 Å². The van der Waals surface area contributed by atoms with Crippen LogP contribution in [0.25, 0.3) is 5.82 Å². The molecule has 0 atom stereocenters. The van der Waals surface area contributed by atoms with E-state index in [9.17, 15) is 9.59 Å². The molecule has 8 heteroatoms. The summed E-state index contributed by atoms with van der Waals surface area (Å²) < 4.78 is 1.64. The molecule has 3 aromatic heterocycles. The number of rotatable bonds is 5. The van der Waals surface area contributed by atoms with Gasteiger partial charge in [-0.05, 0) is 41.6 Å². The van der Waals surface area contributed by atoms with Gasteiger partial charge >= 0.3 is 0 Å². The van der Waals surface area contributed by atoms with Crippen LogP contribution >= 0.6 is 11.3 Å². The third-order valence-corrected chi connectivity index (χ3v) is 5.52. The molecule has 0 saturated carbocycles. The molecule has 4 heterocycles. The predicted octanol–water partition coefficient (Wildman–Crippen LogP) is 2.63. The molecule has 0 unspecified atom stereocenters. The maximum absolute atomic E-state index is 12.4. The van der Waals surface area contributed by atoms with Crippen molar-refractivity contribution in [1.29, 1.82) is 0 Å². The van der Waals surface area contributed by atoms with Gasteiger partial charge in [-0.2, -0.15) is 5.10 Å². The minimum atomic E-state index is -0.190. The predicted molar refractivity (Wildman–Crippen MR) is 103 cm³/mol. The number of carbonyl (C=O) groups is 2. The lowest BCUT2D eigenvalue weighted by Gasteiger charge is -2.27. The van der Waals surface area contributed by atoms with E-state index in [0.717, 1.165) is 13.0 Å². The van der Waals surface area contributed by atoms with Crippen molar-refractivity contribution in [3.05, 3.63) is 58.7 Å². The molecule has 0 aromatic carbocycles. The van der Waals surface area contributed by atoms with Crippen LogP contribution in [0.5, 0.6) is 0 Å². The first kappa shape index (κ1) is 17.4. The minimum Gasteiger partial charge on any atom is -0.338 e. The number of carbonyl (C=O) groups excluding carboxylic acids is 2. The molecule has 1 aliphatic rings. The van der Waals surface area contributed by atoms with Gasteiger partial charge in [-0.25, -0.2) is 9.67 Å². The van der Waals surface area contributed by atoms with Crippen molar-refractivity contribution in [2.45, 2.75) is 25.8 Å². The number of fused-ring (bicyclic) bond motifs is 1. The summed E-state index contributed by atoms with van der Waals surface area (Å²) in [7, 11) is 0. The van der Waals surface area contributed by atoms with Crippen LogP contribution in [-0.4, -0.2) is 38.0 Å². The van der Waals surface area contributed by atoms with Crippen molar-refractivity contribution in [1.82, 2.24) is 19.7 Å². The second-order valence-corrected chi connectivity index (χ2v) is 7.34. The van der Waals surface area contributed by atoms with Crippen LogP contribution in [-0.2, 0) is 22.6 Å². The number of amides is 2. The summed E-state index contributed by atoms with van der Waals surface area (Å²) in [5.74, 6) is 0.505. The Hall–Kier alpha value is -3.00. The highest BCUT2D eigenvalue weighted by atomic mass is 32.1. The second-order valence-electron chi connectivity index (χ2n) is 6.34. The lowest BCUT2D eigenvalue weighted by molar-refractivity contribution is -0.133. The fourth-order valence-electron chi connectivity index (χ4n) is 3.06. The van der Waals surface area contributed by atoms with E-state index in [-0.39, 0.29) is 24.7 Å². The minimum absolute atomic E-state index is 0.0224. The van der Waals surface area contributed by atoms with Crippen LogP contribution in [0.15, 0.2) is 48.2 Å². The van der Waals surface area contributed by atoms with Gasteiger partial charge < -0.3 is 10.2 Å². The molecule has 3 aromatic rings. The third kappa shape index (κ3) is 4.06. The van der Waals surface area contributed by atoms with Gasteiger partial charge in [-0.3, -0.25) is 9.59 Å². The first-order chi connectivity index (χ1) is 13.2. The summed E-state index contributed by atoms with van der Waals surface area (Å²) in [5, 5.41) is 8.96. The van der Waals surface area contributed by atoms with Crippen molar-refractivity contribution >= 4 is 28.8 Å². The molecule has 1 N–H and O–H groups in total. The fraction of sp³-hybridized carbons (Fsp3) is 0.263. The summed E-state index contributed by atoms with van der Waals surface area (Å²) in [6.45, 7) is 1.38. The highest BCUT2D eigenvalue weighted by Gasteiger charge is 2.21. The topological polar surface area (TPSA) is 80.1 Å². The smallest absolute Gasteiger partial charge is 0.224 e. The summed E-state index contributed by atoms with van der Waals surface area (Å²) in [4.78, 5) is 32.0. The van der Waals surface area contributed by atoms with Crippen molar-refractivity contribution in [2.75, 3.05) is 11.9 Å². The number of nitrogens with one attached hydrogen (secondary N) is 1. The molecule has 1 aliphatic heterocycles. The molecule has 0 bridgehead atoms. The molecular weight excluding hydrogens is 362 g/mol. The van der Waals surface area contributed by atoms with Crippen LogP contribution in [0.2, 0.25) is 0 Å². The Morgan fingerprint density at radius 2 is 2.15 bits per heavy atom.